The summed E-state index contributed by atoms with van der Waals surface area (Å²) in [5.74, 6) is -0.214. The topological polar surface area (TPSA) is 177 Å². The Kier molecular flexibility index (Phi) is 4.02. The molecule has 2 aromatic rings. The van der Waals surface area contributed by atoms with E-state index in [-0.39, 0.29) is 11.6 Å². The number of aromatic nitrogens is 6. The lowest BCUT2D eigenvalue weighted by atomic mass is 10.7. The Morgan fingerprint density at radius 3 is 1.70 bits per heavy atom. The third-order valence-electron chi connectivity index (χ3n) is 1.89. The second-order valence-corrected chi connectivity index (χ2v) is 4.11. The van der Waals surface area contributed by atoms with E-state index >= 15 is 0 Å². The Balaban J connectivity index is 2.08. The van der Waals surface area contributed by atoms with Gasteiger partial charge in [0.1, 0.15) is 13.2 Å². The van der Waals surface area contributed by atoms with Gasteiger partial charge in [0.05, 0.1) is 0 Å². The van der Waals surface area contributed by atoms with Gasteiger partial charge in [-0.3, -0.25) is 9.97 Å². The van der Waals surface area contributed by atoms with Crippen LogP contribution in [0, 0.1) is 0 Å². The van der Waals surface area contributed by atoms with Crippen LogP contribution in [0.15, 0.2) is 9.59 Å². The van der Waals surface area contributed by atoms with Crippen molar-refractivity contribution in [3.05, 3.63) is 32.6 Å². The van der Waals surface area contributed by atoms with E-state index < -0.39 is 32.8 Å². The van der Waals surface area contributed by atoms with Crippen molar-refractivity contribution >= 4 is 8.25 Å². The van der Waals surface area contributed by atoms with Crippen LogP contribution in [0.25, 0.3) is 0 Å². The van der Waals surface area contributed by atoms with Gasteiger partial charge in [-0.25, -0.2) is 14.2 Å². The van der Waals surface area contributed by atoms with Crippen molar-refractivity contribution < 1.29 is 24.0 Å². The van der Waals surface area contributed by atoms with Crippen molar-refractivity contribution in [1.82, 2.24) is 29.9 Å². The van der Waals surface area contributed by atoms with E-state index in [1.54, 1.807) is 0 Å². The summed E-state index contributed by atoms with van der Waals surface area (Å²) in [7, 11) is -3.38. The second-order valence-electron chi connectivity index (χ2n) is 3.25. The molecule has 0 aliphatic rings. The zero-order valence-corrected chi connectivity index (χ0v) is 10.6. The molecule has 2 heterocycles. The van der Waals surface area contributed by atoms with Crippen molar-refractivity contribution in [3.8, 4) is 0 Å². The molecule has 4 N–H and O–H groups in total. The summed E-state index contributed by atoms with van der Waals surface area (Å²) in [6, 6.07) is 0. The lowest BCUT2D eigenvalue weighted by Crippen LogP contribution is -2.27. The molecule has 0 amide bonds. The number of nitrogens with one attached hydrogen (secondary N) is 2. The van der Waals surface area contributed by atoms with Crippen molar-refractivity contribution in [2.24, 2.45) is 0 Å². The van der Waals surface area contributed by atoms with Gasteiger partial charge in [0, 0.05) is 0 Å². The molecule has 2 rings (SSSR count). The maximum Gasteiger partial charge on any atom is 0.459 e. The summed E-state index contributed by atoms with van der Waals surface area (Å²) in [5.41, 5.74) is -1.78. The molecule has 2 aromatic heterocycles. The minimum absolute atomic E-state index is 0.107. The molecule has 0 saturated heterocycles. The molecule has 0 fully saturated rings. The normalized spacial score (nSPS) is 10.9. The van der Waals surface area contributed by atoms with E-state index in [2.05, 4.69) is 29.4 Å². The number of aromatic amines is 2. The molecule has 13 nitrogen and oxygen atoms in total. The van der Waals surface area contributed by atoms with Gasteiger partial charge in [0.2, 0.25) is 0 Å². The summed E-state index contributed by atoms with van der Waals surface area (Å²) in [5, 5.41) is 24.3. The smallest absolute Gasteiger partial charge is 0.388 e. The third kappa shape index (κ3) is 2.96. The van der Waals surface area contributed by atoms with Crippen LogP contribution >= 0.6 is 8.25 Å². The second kappa shape index (κ2) is 5.73. The monoisotopic (exact) mass is 308 g/mol. The lowest BCUT2D eigenvalue weighted by Gasteiger charge is -2.02. The zero-order chi connectivity index (χ0) is 14.7. The maximum atomic E-state index is 11.5. The van der Waals surface area contributed by atoms with E-state index in [0.717, 1.165) is 0 Å². The van der Waals surface area contributed by atoms with E-state index in [1.807, 2.05) is 0 Å². The molecule has 0 saturated carbocycles. The van der Waals surface area contributed by atoms with Gasteiger partial charge in [0.25, 0.3) is 0 Å². The molecule has 0 radical (unpaired) electrons. The molecule has 0 spiro atoms. The minimum Gasteiger partial charge on any atom is -0.388 e. The van der Waals surface area contributed by atoms with Crippen LogP contribution in [-0.4, -0.2) is 40.1 Å². The number of aliphatic hydroxyl groups excluding tert-OH is 2. The van der Waals surface area contributed by atoms with E-state index in [1.165, 1.54) is 0 Å². The fraction of sp³-hybridized carbons (Fsp3) is 0.333. The van der Waals surface area contributed by atoms with Gasteiger partial charge in [-0.05, 0) is 9.69 Å². The van der Waals surface area contributed by atoms with E-state index in [0.29, 0.717) is 9.69 Å². The number of rotatable bonds is 6. The predicted molar refractivity (Wildman–Crippen MR) is 59.7 cm³/mol. The van der Waals surface area contributed by atoms with Gasteiger partial charge in [0.15, 0.2) is 11.6 Å². The average Bonchev–Trinajstić information content (AvgIpc) is 2.94. The Hall–Kier alpha value is -2.37. The maximum absolute atomic E-state index is 11.5. The summed E-state index contributed by atoms with van der Waals surface area (Å²) < 4.78 is 20.5. The lowest BCUT2D eigenvalue weighted by molar-refractivity contribution is 0.145. The van der Waals surface area contributed by atoms with Crippen LogP contribution in [0.4, 0.5) is 0 Å². The molecule has 0 bridgehead atoms. The largest absolute Gasteiger partial charge is 0.459 e. The van der Waals surface area contributed by atoms with Crippen molar-refractivity contribution in [3.63, 3.8) is 0 Å². The van der Waals surface area contributed by atoms with E-state index in [4.69, 9.17) is 10.2 Å². The SMILES string of the molecule is O=c1[nH]c(CO)nn1O[PH](=O)On1nc(CO)[nH]c1=O. The summed E-state index contributed by atoms with van der Waals surface area (Å²) in [6.45, 7) is -1.10. The highest BCUT2D eigenvalue weighted by Crippen LogP contribution is 2.12. The predicted octanol–water partition coefficient (Wildman–Crippen LogP) is -3.61. The number of nitrogens with zero attached hydrogens (tertiary/aromatic N) is 4. The Morgan fingerprint density at radius 1 is 1.00 bits per heavy atom. The molecule has 0 unspecified atom stereocenters. The van der Waals surface area contributed by atoms with Crippen molar-refractivity contribution in [1.29, 1.82) is 0 Å². The zero-order valence-electron chi connectivity index (χ0n) is 9.64. The van der Waals surface area contributed by atoms with Crippen LogP contribution in [0.1, 0.15) is 11.6 Å². The first-order valence-electron chi connectivity index (χ1n) is 5.02. The van der Waals surface area contributed by atoms with Crippen LogP contribution in [0.2, 0.25) is 0 Å². The standard InChI is InChI=1S/C6H9N6O7P/c13-1-3-7-5(15)11(9-3)18-20(17)19-12-6(16)8-4(2-14)10-12/h13-14,20H,1-2H2,(H,7,9,15)(H,8,10,16). The summed E-state index contributed by atoms with van der Waals surface area (Å²) >= 11 is 0. The molecule has 0 aliphatic carbocycles. The fourth-order valence-electron chi connectivity index (χ4n) is 1.13. The van der Waals surface area contributed by atoms with Crippen LogP contribution in [0.5, 0.6) is 0 Å². The Morgan fingerprint density at radius 2 is 1.40 bits per heavy atom. The third-order valence-corrected chi connectivity index (χ3v) is 2.54. The van der Waals surface area contributed by atoms with Crippen LogP contribution in [-0.2, 0) is 17.8 Å². The molecular formula is C6H9N6O7P. The Labute approximate surface area is 109 Å². The molecular weight excluding hydrogens is 299 g/mol. The first kappa shape index (κ1) is 14.0. The quantitative estimate of drug-likeness (QED) is 0.392. The van der Waals surface area contributed by atoms with Crippen LogP contribution < -0.4 is 20.6 Å². The van der Waals surface area contributed by atoms with Crippen molar-refractivity contribution in [2.75, 3.05) is 0 Å². The highest BCUT2D eigenvalue weighted by molar-refractivity contribution is 7.33. The van der Waals surface area contributed by atoms with Crippen LogP contribution in [0.3, 0.4) is 0 Å². The number of H-pyrrole nitrogens is 2. The van der Waals surface area contributed by atoms with Gasteiger partial charge >= 0.3 is 19.6 Å². The van der Waals surface area contributed by atoms with Gasteiger partial charge in [-0.1, -0.05) is 0 Å². The van der Waals surface area contributed by atoms with Crippen molar-refractivity contribution in [2.45, 2.75) is 13.2 Å². The average molecular weight is 308 g/mol. The molecule has 20 heavy (non-hydrogen) atoms. The number of aliphatic hydroxyl groups is 2. The number of hydrogen-bond donors (Lipinski definition) is 4. The minimum atomic E-state index is -3.38. The first-order chi connectivity index (χ1) is 9.53. The summed E-state index contributed by atoms with van der Waals surface area (Å²) in [4.78, 5) is 27.2. The van der Waals surface area contributed by atoms with Gasteiger partial charge in [-0.2, -0.15) is 0 Å². The molecule has 0 aromatic carbocycles. The first-order valence-corrected chi connectivity index (χ1v) is 6.24. The fourth-order valence-corrected chi connectivity index (χ4v) is 1.69. The highest BCUT2D eigenvalue weighted by atomic mass is 31.1. The molecule has 0 atom stereocenters. The highest BCUT2D eigenvalue weighted by Gasteiger charge is 2.13. The molecule has 14 heteroatoms. The van der Waals surface area contributed by atoms with E-state index in [9.17, 15) is 14.2 Å². The summed E-state index contributed by atoms with van der Waals surface area (Å²) in [6.07, 6.45) is 0. The van der Waals surface area contributed by atoms with Gasteiger partial charge in [-0.15, -0.1) is 10.2 Å². The number of hydrogen-bond acceptors (Lipinski definition) is 9. The Bertz CT molecular complexity index is 666. The molecule has 110 valence electrons. The molecule has 0 aliphatic heterocycles. The van der Waals surface area contributed by atoms with Gasteiger partial charge < -0.3 is 19.5 Å².